The number of aliphatic carboxylic acids is 1. The summed E-state index contributed by atoms with van der Waals surface area (Å²) in [5, 5.41) is 9.46. The van der Waals surface area contributed by atoms with Crippen LogP contribution >= 0.6 is 15.9 Å². The first-order valence-electron chi connectivity index (χ1n) is 11.1. The van der Waals surface area contributed by atoms with Crippen LogP contribution in [-0.4, -0.2) is 46.3 Å². The average molecular weight is 576 g/mol. The van der Waals surface area contributed by atoms with Crippen LogP contribution in [0.15, 0.2) is 57.9 Å². The number of carbonyl (C=O) groups is 1. The molecular formula is C23H31BrN2O6S2. The number of benzene rings is 2. The summed E-state index contributed by atoms with van der Waals surface area (Å²) in [6, 6.07) is 12.5. The first kappa shape index (κ1) is 28.4. The average Bonchev–Trinajstić information content (AvgIpc) is 2.78. The van der Waals surface area contributed by atoms with E-state index in [0.717, 1.165) is 28.4 Å². The molecule has 2 rings (SSSR count). The Bertz CT molecular complexity index is 1130. The van der Waals surface area contributed by atoms with E-state index in [1.807, 2.05) is 31.2 Å². The van der Waals surface area contributed by atoms with E-state index in [9.17, 15) is 26.7 Å². The molecule has 8 nitrogen and oxygen atoms in total. The molecule has 0 bridgehead atoms. The van der Waals surface area contributed by atoms with Crippen LogP contribution in [-0.2, 0) is 24.8 Å². The Hall–Kier alpha value is -1.79. The Morgan fingerprint density at radius 1 is 0.912 bits per heavy atom. The molecule has 1 atom stereocenters. The standard InChI is InChI=1S/C23H31BrN2O6S2/c1-2-3-6-17-33(29,30)25-16-5-4-7-22(23(27)28)26-34(31,32)21-14-10-19(11-15-21)18-8-12-20(24)13-9-18/h8-15,22,25-26H,2-7,16-17H2,1H3,(H,27,28). The van der Waals surface area contributed by atoms with Gasteiger partial charge >= 0.3 is 5.97 Å². The lowest BCUT2D eigenvalue weighted by Gasteiger charge is -2.15. The second-order valence-corrected chi connectivity index (χ2v) is 12.5. The molecule has 1 unspecified atom stereocenters. The molecule has 0 aliphatic heterocycles. The van der Waals surface area contributed by atoms with E-state index in [1.54, 1.807) is 12.1 Å². The minimum absolute atomic E-state index is 0.0283. The summed E-state index contributed by atoms with van der Waals surface area (Å²) in [6.07, 6.45) is 3.16. The van der Waals surface area contributed by atoms with Gasteiger partial charge in [0.1, 0.15) is 6.04 Å². The van der Waals surface area contributed by atoms with Crippen molar-refractivity contribution in [2.24, 2.45) is 0 Å². The van der Waals surface area contributed by atoms with Gasteiger partial charge in [0.25, 0.3) is 0 Å². The topological polar surface area (TPSA) is 130 Å². The fourth-order valence-electron chi connectivity index (χ4n) is 3.27. The van der Waals surface area contributed by atoms with E-state index < -0.39 is 32.1 Å². The lowest BCUT2D eigenvalue weighted by molar-refractivity contribution is -0.139. The van der Waals surface area contributed by atoms with Gasteiger partial charge < -0.3 is 5.11 Å². The van der Waals surface area contributed by atoms with Crippen molar-refractivity contribution in [3.63, 3.8) is 0 Å². The lowest BCUT2D eigenvalue weighted by atomic mass is 10.1. The highest BCUT2D eigenvalue weighted by atomic mass is 79.9. The van der Waals surface area contributed by atoms with Crippen molar-refractivity contribution in [1.29, 1.82) is 0 Å². The van der Waals surface area contributed by atoms with Gasteiger partial charge in [-0.05, 0) is 61.1 Å². The van der Waals surface area contributed by atoms with Gasteiger partial charge in [-0.15, -0.1) is 0 Å². The van der Waals surface area contributed by atoms with Gasteiger partial charge in [-0.3, -0.25) is 4.79 Å². The molecule has 0 aliphatic rings. The van der Waals surface area contributed by atoms with Crippen molar-refractivity contribution in [1.82, 2.24) is 9.44 Å². The normalized spacial score (nSPS) is 13.0. The summed E-state index contributed by atoms with van der Waals surface area (Å²) in [7, 11) is -7.38. The fraction of sp³-hybridized carbons (Fsp3) is 0.435. The van der Waals surface area contributed by atoms with Crippen molar-refractivity contribution in [3.05, 3.63) is 53.0 Å². The van der Waals surface area contributed by atoms with Crippen molar-refractivity contribution >= 4 is 41.9 Å². The molecule has 0 saturated carbocycles. The molecule has 188 valence electrons. The van der Waals surface area contributed by atoms with Gasteiger partial charge in [0.05, 0.1) is 10.6 Å². The highest BCUT2D eigenvalue weighted by molar-refractivity contribution is 9.10. The first-order valence-corrected chi connectivity index (χ1v) is 15.1. The highest BCUT2D eigenvalue weighted by Crippen LogP contribution is 2.23. The van der Waals surface area contributed by atoms with Crippen LogP contribution in [0.25, 0.3) is 11.1 Å². The third-order valence-corrected chi connectivity index (χ3v) is 8.68. The number of hydrogen-bond donors (Lipinski definition) is 3. The Morgan fingerprint density at radius 2 is 1.50 bits per heavy atom. The molecule has 34 heavy (non-hydrogen) atoms. The lowest BCUT2D eigenvalue weighted by Crippen LogP contribution is -2.40. The summed E-state index contributed by atoms with van der Waals surface area (Å²) in [4.78, 5) is 11.6. The van der Waals surface area contributed by atoms with Crippen molar-refractivity contribution in [2.45, 2.75) is 56.4 Å². The van der Waals surface area contributed by atoms with Crippen LogP contribution in [0.3, 0.4) is 0 Å². The molecule has 0 radical (unpaired) electrons. The first-order chi connectivity index (χ1) is 16.0. The molecule has 0 aliphatic carbocycles. The predicted octanol–water partition coefficient (Wildman–Crippen LogP) is 4.13. The van der Waals surface area contributed by atoms with E-state index >= 15 is 0 Å². The van der Waals surface area contributed by atoms with Gasteiger partial charge in [-0.2, -0.15) is 4.72 Å². The van der Waals surface area contributed by atoms with Gasteiger partial charge in [-0.1, -0.05) is 60.0 Å². The third kappa shape index (κ3) is 9.46. The second kappa shape index (κ2) is 13.3. The van der Waals surface area contributed by atoms with E-state index in [0.29, 0.717) is 19.3 Å². The Labute approximate surface area is 210 Å². The van der Waals surface area contributed by atoms with Crippen molar-refractivity contribution in [3.8, 4) is 11.1 Å². The number of carboxylic acid groups (broad SMARTS) is 1. The molecule has 2 aromatic carbocycles. The smallest absolute Gasteiger partial charge is 0.321 e. The minimum Gasteiger partial charge on any atom is -0.480 e. The SMILES string of the molecule is CCCCCS(=O)(=O)NCCCCC(NS(=O)(=O)c1ccc(-c2ccc(Br)cc2)cc1)C(=O)O. The Morgan fingerprint density at radius 3 is 2.06 bits per heavy atom. The molecule has 3 N–H and O–H groups in total. The van der Waals surface area contributed by atoms with Crippen LogP contribution < -0.4 is 9.44 Å². The second-order valence-electron chi connectivity index (χ2n) is 7.96. The maximum Gasteiger partial charge on any atom is 0.321 e. The number of halogens is 1. The number of hydrogen-bond acceptors (Lipinski definition) is 5. The zero-order chi connectivity index (χ0) is 25.2. The Balaban J connectivity index is 1.90. The van der Waals surface area contributed by atoms with E-state index in [-0.39, 0.29) is 23.6 Å². The molecule has 0 amide bonds. The van der Waals surface area contributed by atoms with E-state index in [1.165, 1.54) is 12.1 Å². The molecule has 0 saturated heterocycles. The van der Waals surface area contributed by atoms with Crippen LogP contribution in [0.4, 0.5) is 0 Å². The number of unbranched alkanes of at least 4 members (excludes halogenated alkanes) is 3. The molecule has 0 heterocycles. The molecule has 0 aromatic heterocycles. The van der Waals surface area contributed by atoms with Gasteiger partial charge in [0.2, 0.25) is 20.0 Å². The minimum atomic E-state index is -4.04. The van der Waals surface area contributed by atoms with Gasteiger partial charge in [0.15, 0.2) is 0 Å². The number of rotatable bonds is 15. The van der Waals surface area contributed by atoms with Crippen LogP contribution in [0.5, 0.6) is 0 Å². The fourth-order valence-corrected chi connectivity index (χ4v) is 5.94. The number of nitrogens with one attached hydrogen (secondary N) is 2. The predicted molar refractivity (Wildman–Crippen MR) is 136 cm³/mol. The van der Waals surface area contributed by atoms with Crippen molar-refractivity contribution in [2.75, 3.05) is 12.3 Å². The molecular weight excluding hydrogens is 544 g/mol. The molecule has 11 heteroatoms. The Kier molecular flexibility index (Phi) is 11.2. The maximum absolute atomic E-state index is 12.7. The monoisotopic (exact) mass is 574 g/mol. The number of carboxylic acids is 1. The zero-order valence-electron chi connectivity index (χ0n) is 19.0. The highest BCUT2D eigenvalue weighted by Gasteiger charge is 2.25. The molecule has 0 fully saturated rings. The van der Waals surface area contributed by atoms with E-state index in [2.05, 4.69) is 25.4 Å². The zero-order valence-corrected chi connectivity index (χ0v) is 22.3. The molecule has 2 aromatic rings. The quantitative estimate of drug-likeness (QED) is 0.274. The third-order valence-electron chi connectivity index (χ3n) is 5.20. The summed E-state index contributed by atoms with van der Waals surface area (Å²) in [6.45, 7) is 2.18. The van der Waals surface area contributed by atoms with Crippen LogP contribution in [0.1, 0.15) is 45.4 Å². The largest absolute Gasteiger partial charge is 0.480 e. The van der Waals surface area contributed by atoms with E-state index in [4.69, 9.17) is 0 Å². The van der Waals surface area contributed by atoms with Crippen molar-refractivity contribution < 1.29 is 26.7 Å². The summed E-state index contributed by atoms with van der Waals surface area (Å²) < 4.78 is 54.9. The maximum atomic E-state index is 12.7. The van der Waals surface area contributed by atoms with Crippen LogP contribution in [0.2, 0.25) is 0 Å². The summed E-state index contributed by atoms with van der Waals surface area (Å²) >= 11 is 3.37. The number of sulfonamides is 2. The van der Waals surface area contributed by atoms with Crippen LogP contribution in [0, 0.1) is 0 Å². The summed E-state index contributed by atoms with van der Waals surface area (Å²) in [5.41, 5.74) is 1.75. The van der Waals surface area contributed by atoms with Gasteiger partial charge in [0, 0.05) is 11.0 Å². The van der Waals surface area contributed by atoms with Gasteiger partial charge in [-0.25, -0.2) is 21.6 Å². The summed E-state index contributed by atoms with van der Waals surface area (Å²) in [5.74, 6) is -1.21. The molecule has 0 spiro atoms.